The SMILES string of the molecule is Cc1c(-c2ccccc2)cccc1-c1cn2cc(N(C)C(C)O)ccc2n1. The molecule has 2 heterocycles. The number of fused-ring (bicyclic) bond motifs is 1. The van der Waals surface area contributed by atoms with E-state index in [4.69, 9.17) is 4.98 Å². The molecule has 0 aliphatic rings. The maximum absolute atomic E-state index is 9.81. The van der Waals surface area contributed by atoms with Crippen LogP contribution in [0.15, 0.2) is 73.1 Å². The Morgan fingerprint density at radius 1 is 0.926 bits per heavy atom. The third-order valence-electron chi connectivity index (χ3n) is 5.10. The van der Waals surface area contributed by atoms with Crippen LogP contribution in [0.5, 0.6) is 0 Å². The molecule has 0 bridgehead atoms. The number of hydrogen-bond donors (Lipinski definition) is 1. The summed E-state index contributed by atoms with van der Waals surface area (Å²) in [6.45, 7) is 3.90. The first-order valence-corrected chi connectivity index (χ1v) is 9.09. The molecular weight excluding hydrogens is 334 g/mol. The van der Waals surface area contributed by atoms with Gasteiger partial charge in [0.15, 0.2) is 0 Å². The summed E-state index contributed by atoms with van der Waals surface area (Å²) >= 11 is 0. The van der Waals surface area contributed by atoms with E-state index in [1.165, 1.54) is 16.7 Å². The minimum atomic E-state index is -0.546. The van der Waals surface area contributed by atoms with Gasteiger partial charge in [0.1, 0.15) is 11.9 Å². The van der Waals surface area contributed by atoms with Gasteiger partial charge >= 0.3 is 0 Å². The number of nitrogens with zero attached hydrogens (tertiary/aromatic N) is 3. The summed E-state index contributed by atoms with van der Waals surface area (Å²) in [6.07, 6.45) is 3.50. The molecular formula is C23H23N3O. The van der Waals surface area contributed by atoms with Crippen molar-refractivity contribution in [3.8, 4) is 22.4 Å². The first-order valence-electron chi connectivity index (χ1n) is 9.09. The summed E-state index contributed by atoms with van der Waals surface area (Å²) < 4.78 is 2.01. The van der Waals surface area contributed by atoms with E-state index in [2.05, 4.69) is 49.4 Å². The highest BCUT2D eigenvalue weighted by molar-refractivity contribution is 5.77. The molecule has 1 N–H and O–H groups in total. The minimum Gasteiger partial charge on any atom is -0.374 e. The molecule has 27 heavy (non-hydrogen) atoms. The van der Waals surface area contributed by atoms with E-state index in [1.807, 2.05) is 46.9 Å². The van der Waals surface area contributed by atoms with Crippen LogP contribution in [0, 0.1) is 6.92 Å². The molecule has 0 fully saturated rings. The average molecular weight is 357 g/mol. The highest BCUT2D eigenvalue weighted by Crippen LogP contribution is 2.31. The third-order valence-corrected chi connectivity index (χ3v) is 5.10. The standard InChI is InChI=1S/C23H23N3O/c1-16-20(18-8-5-4-6-9-18)10-7-11-21(16)22-15-26-14-19(25(3)17(2)27)12-13-23(26)24-22/h4-15,17,27H,1-3H3. The molecule has 0 saturated heterocycles. The lowest BCUT2D eigenvalue weighted by Crippen LogP contribution is -2.28. The number of hydrogen-bond acceptors (Lipinski definition) is 3. The second-order valence-electron chi connectivity index (χ2n) is 6.87. The third kappa shape index (κ3) is 3.20. The fourth-order valence-corrected chi connectivity index (χ4v) is 3.38. The van der Waals surface area contributed by atoms with Gasteiger partial charge in [-0.2, -0.15) is 0 Å². The Morgan fingerprint density at radius 2 is 1.67 bits per heavy atom. The molecule has 0 aliphatic heterocycles. The zero-order chi connectivity index (χ0) is 19.0. The molecule has 0 aliphatic carbocycles. The lowest BCUT2D eigenvalue weighted by molar-refractivity contribution is 0.195. The van der Waals surface area contributed by atoms with Gasteiger partial charge in [0, 0.05) is 25.0 Å². The van der Waals surface area contributed by atoms with E-state index in [-0.39, 0.29) is 0 Å². The summed E-state index contributed by atoms with van der Waals surface area (Å²) in [5.74, 6) is 0. The van der Waals surface area contributed by atoms with Gasteiger partial charge in [-0.1, -0.05) is 48.5 Å². The lowest BCUT2D eigenvalue weighted by Gasteiger charge is -2.22. The second kappa shape index (κ2) is 6.89. The van der Waals surface area contributed by atoms with Crippen molar-refractivity contribution in [1.29, 1.82) is 0 Å². The number of aliphatic hydroxyl groups excluding tert-OH is 1. The van der Waals surface area contributed by atoms with Crippen LogP contribution in [0.25, 0.3) is 28.0 Å². The van der Waals surface area contributed by atoms with Crippen molar-refractivity contribution in [3.63, 3.8) is 0 Å². The predicted octanol–water partition coefficient (Wildman–Crippen LogP) is 4.75. The van der Waals surface area contributed by atoms with Crippen molar-refractivity contribution in [2.75, 3.05) is 11.9 Å². The monoisotopic (exact) mass is 357 g/mol. The van der Waals surface area contributed by atoms with Gasteiger partial charge in [0.05, 0.1) is 11.4 Å². The smallest absolute Gasteiger partial charge is 0.137 e. The van der Waals surface area contributed by atoms with Gasteiger partial charge in [0.25, 0.3) is 0 Å². The van der Waals surface area contributed by atoms with Crippen molar-refractivity contribution in [3.05, 3.63) is 78.6 Å². The number of benzene rings is 2. The Labute approximate surface area is 159 Å². The van der Waals surface area contributed by atoms with E-state index in [9.17, 15) is 5.11 Å². The van der Waals surface area contributed by atoms with Crippen LogP contribution in [0.1, 0.15) is 12.5 Å². The maximum Gasteiger partial charge on any atom is 0.137 e. The summed E-state index contributed by atoms with van der Waals surface area (Å²) in [5.41, 5.74) is 7.55. The summed E-state index contributed by atoms with van der Waals surface area (Å²) in [6, 6.07) is 20.7. The van der Waals surface area contributed by atoms with Crippen molar-refractivity contribution in [2.24, 2.45) is 0 Å². The molecule has 4 rings (SSSR count). The molecule has 4 heteroatoms. The van der Waals surface area contributed by atoms with Crippen molar-refractivity contribution < 1.29 is 5.11 Å². The highest BCUT2D eigenvalue weighted by Gasteiger charge is 2.12. The van der Waals surface area contributed by atoms with Crippen LogP contribution < -0.4 is 4.90 Å². The summed E-state index contributed by atoms with van der Waals surface area (Å²) in [4.78, 5) is 6.63. The Balaban J connectivity index is 1.79. The number of anilines is 1. The molecule has 2 aromatic heterocycles. The number of aliphatic hydroxyl groups is 1. The first kappa shape index (κ1) is 17.3. The Bertz CT molecular complexity index is 1080. The van der Waals surface area contributed by atoms with E-state index in [1.54, 1.807) is 6.92 Å². The van der Waals surface area contributed by atoms with E-state index >= 15 is 0 Å². The second-order valence-corrected chi connectivity index (χ2v) is 6.87. The van der Waals surface area contributed by atoms with Gasteiger partial charge < -0.3 is 14.4 Å². The number of imidazole rings is 1. The summed E-state index contributed by atoms with van der Waals surface area (Å²) in [7, 11) is 1.87. The van der Waals surface area contributed by atoms with Crippen LogP contribution in [-0.4, -0.2) is 27.8 Å². The average Bonchev–Trinajstić information content (AvgIpc) is 3.11. The topological polar surface area (TPSA) is 40.8 Å². The molecule has 4 aromatic rings. The van der Waals surface area contributed by atoms with Crippen LogP contribution >= 0.6 is 0 Å². The number of aromatic nitrogens is 2. The Hall–Kier alpha value is -3.11. The van der Waals surface area contributed by atoms with E-state index in [0.717, 1.165) is 22.6 Å². The number of pyridine rings is 1. The zero-order valence-corrected chi connectivity index (χ0v) is 15.8. The predicted molar refractivity (Wildman–Crippen MR) is 111 cm³/mol. The zero-order valence-electron chi connectivity index (χ0n) is 15.8. The molecule has 4 nitrogen and oxygen atoms in total. The quantitative estimate of drug-likeness (QED) is 0.536. The van der Waals surface area contributed by atoms with Gasteiger partial charge in [-0.3, -0.25) is 0 Å². The Morgan fingerprint density at radius 3 is 2.41 bits per heavy atom. The fraction of sp³-hybridized carbons (Fsp3) is 0.174. The highest BCUT2D eigenvalue weighted by atomic mass is 16.3. The molecule has 136 valence electrons. The van der Waals surface area contributed by atoms with Crippen LogP contribution in [-0.2, 0) is 0 Å². The first-order chi connectivity index (χ1) is 13.0. The molecule has 0 saturated carbocycles. The molecule has 2 aromatic carbocycles. The van der Waals surface area contributed by atoms with Gasteiger partial charge in [-0.25, -0.2) is 4.98 Å². The molecule has 0 radical (unpaired) electrons. The lowest BCUT2D eigenvalue weighted by atomic mass is 9.95. The van der Waals surface area contributed by atoms with Crippen LogP contribution in [0.2, 0.25) is 0 Å². The maximum atomic E-state index is 9.81. The molecule has 0 spiro atoms. The minimum absolute atomic E-state index is 0.546. The van der Waals surface area contributed by atoms with Crippen LogP contribution in [0.4, 0.5) is 5.69 Å². The Kier molecular flexibility index (Phi) is 4.42. The van der Waals surface area contributed by atoms with E-state index < -0.39 is 6.23 Å². The van der Waals surface area contributed by atoms with Crippen molar-refractivity contribution in [1.82, 2.24) is 9.38 Å². The van der Waals surface area contributed by atoms with Gasteiger partial charge in [0.2, 0.25) is 0 Å². The fourth-order valence-electron chi connectivity index (χ4n) is 3.38. The summed E-state index contributed by atoms with van der Waals surface area (Å²) in [5, 5.41) is 9.81. The molecule has 0 amide bonds. The number of rotatable bonds is 4. The largest absolute Gasteiger partial charge is 0.374 e. The van der Waals surface area contributed by atoms with Crippen molar-refractivity contribution >= 4 is 11.3 Å². The van der Waals surface area contributed by atoms with Crippen LogP contribution in [0.3, 0.4) is 0 Å². The van der Waals surface area contributed by atoms with E-state index in [0.29, 0.717) is 0 Å². The molecule has 1 atom stereocenters. The van der Waals surface area contributed by atoms with Crippen molar-refractivity contribution in [2.45, 2.75) is 20.1 Å². The van der Waals surface area contributed by atoms with Gasteiger partial charge in [-0.05, 0) is 42.7 Å². The normalized spacial score (nSPS) is 12.3. The molecule has 1 unspecified atom stereocenters. The van der Waals surface area contributed by atoms with Gasteiger partial charge in [-0.15, -0.1) is 0 Å².